The summed E-state index contributed by atoms with van der Waals surface area (Å²) in [5.41, 5.74) is 0.609. The van der Waals surface area contributed by atoms with Crippen molar-refractivity contribution in [1.82, 2.24) is 5.32 Å². The van der Waals surface area contributed by atoms with E-state index >= 15 is 0 Å². The van der Waals surface area contributed by atoms with E-state index in [2.05, 4.69) is 37.2 Å². The summed E-state index contributed by atoms with van der Waals surface area (Å²) in [7, 11) is 0. The van der Waals surface area contributed by atoms with Gasteiger partial charge in [-0.05, 0) is 42.9 Å². The van der Waals surface area contributed by atoms with Crippen molar-refractivity contribution in [3.05, 3.63) is 28.2 Å². The number of alkyl halides is 1. The highest BCUT2D eigenvalue weighted by Crippen LogP contribution is 2.48. The molecule has 1 amide bonds. The Hall–Kier alpha value is -0.550. The number of nitrogens with one attached hydrogen (secondary N) is 1. The molecule has 0 saturated heterocycles. The molecule has 1 fully saturated rings. The number of carbonyl (C=O) groups excluding carboxylic acids is 1. The summed E-state index contributed by atoms with van der Waals surface area (Å²) in [5.74, 6) is -0.201. The predicted octanol–water partition coefficient (Wildman–Crippen LogP) is 3.45. The molecule has 0 spiro atoms. The molecule has 1 aromatic rings. The zero-order valence-corrected chi connectivity index (χ0v) is 13.1. The van der Waals surface area contributed by atoms with Crippen LogP contribution < -0.4 is 5.32 Å². The fourth-order valence-electron chi connectivity index (χ4n) is 1.95. The van der Waals surface area contributed by atoms with Crippen molar-refractivity contribution in [2.75, 3.05) is 11.9 Å². The topological polar surface area (TPSA) is 49.3 Å². The van der Waals surface area contributed by atoms with Gasteiger partial charge in [-0.15, -0.1) is 0 Å². The van der Waals surface area contributed by atoms with E-state index in [1.807, 2.05) is 0 Å². The standard InChI is InChI=1S/C13H15Br2NO2/c14-6-5-13(3-4-13)8-16-12(18)10-2-1-9(15)7-11(10)17/h1-2,7,17H,3-6,8H2,(H,16,18). The monoisotopic (exact) mass is 375 g/mol. The molecule has 0 atom stereocenters. The number of hydrogen-bond acceptors (Lipinski definition) is 2. The van der Waals surface area contributed by atoms with Crippen LogP contribution in [0.2, 0.25) is 0 Å². The van der Waals surface area contributed by atoms with E-state index in [0.717, 1.165) is 16.2 Å². The van der Waals surface area contributed by atoms with Gasteiger partial charge in [-0.25, -0.2) is 0 Å². The SMILES string of the molecule is O=C(NCC1(CCBr)CC1)c1ccc(Br)cc1O. The van der Waals surface area contributed by atoms with Gasteiger partial charge in [0.15, 0.2) is 0 Å². The lowest BCUT2D eigenvalue weighted by Crippen LogP contribution is -2.30. The third-order valence-corrected chi connectivity index (χ3v) is 4.30. The Morgan fingerprint density at radius 1 is 1.44 bits per heavy atom. The van der Waals surface area contributed by atoms with Gasteiger partial charge in [0, 0.05) is 16.3 Å². The predicted molar refractivity (Wildman–Crippen MR) is 78.2 cm³/mol. The van der Waals surface area contributed by atoms with E-state index in [0.29, 0.717) is 12.1 Å². The van der Waals surface area contributed by atoms with Crippen LogP contribution in [0.25, 0.3) is 0 Å². The number of amides is 1. The van der Waals surface area contributed by atoms with Gasteiger partial charge in [-0.2, -0.15) is 0 Å². The molecule has 0 heterocycles. The van der Waals surface area contributed by atoms with Crippen molar-refractivity contribution in [3.63, 3.8) is 0 Å². The molecule has 18 heavy (non-hydrogen) atoms. The molecule has 0 aliphatic heterocycles. The van der Waals surface area contributed by atoms with E-state index < -0.39 is 0 Å². The molecule has 1 aliphatic rings. The third kappa shape index (κ3) is 3.26. The fourth-order valence-corrected chi connectivity index (χ4v) is 3.14. The summed E-state index contributed by atoms with van der Waals surface area (Å²) in [4.78, 5) is 12.0. The van der Waals surface area contributed by atoms with Gasteiger partial charge >= 0.3 is 0 Å². The van der Waals surface area contributed by atoms with Crippen LogP contribution >= 0.6 is 31.9 Å². The first-order valence-electron chi connectivity index (χ1n) is 5.89. The van der Waals surface area contributed by atoms with E-state index in [4.69, 9.17) is 0 Å². The number of phenolic OH excluding ortho intramolecular Hbond substituents is 1. The summed E-state index contributed by atoms with van der Waals surface area (Å²) in [6, 6.07) is 4.90. The van der Waals surface area contributed by atoms with Crippen LogP contribution in [0.5, 0.6) is 5.75 Å². The summed E-state index contributed by atoms with van der Waals surface area (Å²) in [6.45, 7) is 0.687. The Balaban J connectivity index is 1.96. The van der Waals surface area contributed by atoms with Crippen LogP contribution in [0, 0.1) is 5.41 Å². The van der Waals surface area contributed by atoms with Gasteiger partial charge in [-0.3, -0.25) is 4.79 Å². The average Bonchev–Trinajstić information content (AvgIpc) is 3.07. The molecular weight excluding hydrogens is 362 g/mol. The normalized spacial score (nSPS) is 16.3. The lowest BCUT2D eigenvalue weighted by molar-refractivity contribution is 0.0942. The number of aromatic hydroxyl groups is 1. The number of hydrogen-bond donors (Lipinski definition) is 2. The Morgan fingerprint density at radius 2 is 2.17 bits per heavy atom. The number of phenols is 1. The summed E-state index contributed by atoms with van der Waals surface area (Å²) >= 11 is 6.69. The molecule has 0 aromatic heterocycles. The maximum atomic E-state index is 12.0. The Bertz CT molecular complexity index is 458. The lowest BCUT2D eigenvalue weighted by atomic mass is 10.0. The van der Waals surface area contributed by atoms with Crippen molar-refractivity contribution in [3.8, 4) is 5.75 Å². The molecule has 2 rings (SSSR count). The first kappa shape index (κ1) is 13.9. The van der Waals surface area contributed by atoms with Crippen molar-refractivity contribution in [1.29, 1.82) is 0 Å². The second kappa shape index (κ2) is 5.61. The van der Waals surface area contributed by atoms with E-state index in [-0.39, 0.29) is 17.1 Å². The van der Waals surface area contributed by atoms with Crippen molar-refractivity contribution in [2.24, 2.45) is 5.41 Å². The van der Waals surface area contributed by atoms with Crippen molar-refractivity contribution < 1.29 is 9.90 Å². The molecular formula is C13H15Br2NO2. The Morgan fingerprint density at radius 3 is 2.72 bits per heavy atom. The minimum Gasteiger partial charge on any atom is -0.507 e. The molecule has 0 bridgehead atoms. The number of carbonyl (C=O) groups is 1. The summed E-state index contributed by atoms with van der Waals surface area (Å²) in [6.07, 6.45) is 3.43. The molecule has 1 aromatic carbocycles. The van der Waals surface area contributed by atoms with Gasteiger partial charge in [0.1, 0.15) is 5.75 Å². The summed E-state index contributed by atoms with van der Waals surface area (Å²) < 4.78 is 0.759. The van der Waals surface area contributed by atoms with Crippen molar-refractivity contribution in [2.45, 2.75) is 19.3 Å². The number of benzene rings is 1. The van der Waals surface area contributed by atoms with E-state index in [1.165, 1.54) is 18.9 Å². The molecule has 98 valence electrons. The van der Waals surface area contributed by atoms with E-state index in [9.17, 15) is 9.90 Å². The quantitative estimate of drug-likeness (QED) is 0.773. The maximum Gasteiger partial charge on any atom is 0.255 e. The second-order valence-electron chi connectivity index (χ2n) is 4.78. The highest BCUT2D eigenvalue weighted by Gasteiger charge is 2.41. The van der Waals surface area contributed by atoms with Gasteiger partial charge < -0.3 is 10.4 Å². The molecule has 3 nitrogen and oxygen atoms in total. The first-order chi connectivity index (χ1) is 8.56. The average molecular weight is 377 g/mol. The number of halogens is 2. The molecule has 2 N–H and O–H groups in total. The minimum absolute atomic E-state index is 0.00668. The van der Waals surface area contributed by atoms with Crippen LogP contribution in [0.1, 0.15) is 29.6 Å². The largest absolute Gasteiger partial charge is 0.507 e. The number of rotatable bonds is 5. The highest BCUT2D eigenvalue weighted by atomic mass is 79.9. The molecule has 0 radical (unpaired) electrons. The highest BCUT2D eigenvalue weighted by molar-refractivity contribution is 9.10. The fraction of sp³-hybridized carbons (Fsp3) is 0.462. The smallest absolute Gasteiger partial charge is 0.255 e. The molecule has 0 unspecified atom stereocenters. The molecule has 1 saturated carbocycles. The van der Waals surface area contributed by atoms with Crippen molar-refractivity contribution >= 4 is 37.8 Å². The Kier molecular flexibility index (Phi) is 4.33. The van der Waals surface area contributed by atoms with Crippen LogP contribution in [0.15, 0.2) is 22.7 Å². The summed E-state index contributed by atoms with van der Waals surface area (Å²) in [5, 5.41) is 13.6. The lowest BCUT2D eigenvalue weighted by Gasteiger charge is -2.14. The second-order valence-corrected chi connectivity index (χ2v) is 6.49. The van der Waals surface area contributed by atoms with Crippen LogP contribution in [0.3, 0.4) is 0 Å². The maximum absolute atomic E-state index is 12.0. The first-order valence-corrected chi connectivity index (χ1v) is 7.80. The van der Waals surface area contributed by atoms with Gasteiger partial charge in [0.25, 0.3) is 5.91 Å². The van der Waals surface area contributed by atoms with Gasteiger partial charge in [-0.1, -0.05) is 31.9 Å². The van der Waals surface area contributed by atoms with Gasteiger partial charge in [0.05, 0.1) is 5.56 Å². The minimum atomic E-state index is -0.208. The molecule has 1 aliphatic carbocycles. The van der Waals surface area contributed by atoms with E-state index in [1.54, 1.807) is 12.1 Å². The van der Waals surface area contributed by atoms with Crippen LogP contribution in [-0.4, -0.2) is 22.9 Å². The van der Waals surface area contributed by atoms with Crippen LogP contribution in [0.4, 0.5) is 0 Å². The Labute approximate surface area is 123 Å². The zero-order valence-electron chi connectivity index (χ0n) is 9.88. The van der Waals surface area contributed by atoms with Gasteiger partial charge in [0.2, 0.25) is 0 Å². The third-order valence-electron chi connectivity index (χ3n) is 3.41. The van der Waals surface area contributed by atoms with Crippen LogP contribution in [-0.2, 0) is 0 Å². The molecule has 5 heteroatoms. The zero-order chi connectivity index (χ0) is 13.2.